The van der Waals surface area contributed by atoms with Crippen molar-refractivity contribution in [3.8, 4) is 6.07 Å². The molecule has 0 spiro atoms. The third kappa shape index (κ3) is 3.34. The Morgan fingerprint density at radius 2 is 1.83 bits per heavy atom. The first-order valence-corrected chi connectivity index (χ1v) is 4.92. The van der Waals surface area contributed by atoms with Crippen LogP contribution in [-0.4, -0.2) is 29.9 Å². The fraction of sp³-hybridized carbons (Fsp3) is 0.200. The topological polar surface area (TPSA) is 152 Å². The Bertz CT molecular complexity index is 506. The third-order valence-corrected chi connectivity index (χ3v) is 2.04. The molecule has 0 bridgehead atoms. The van der Waals surface area contributed by atoms with Crippen LogP contribution in [-0.2, 0) is 9.59 Å². The maximum atomic E-state index is 10.9. The van der Waals surface area contributed by atoms with Crippen LogP contribution in [0.25, 0.3) is 0 Å². The SMILES string of the molecule is N#Cc1nc(N(CC(N)=O)CC(N)=O)ccc1N. The summed E-state index contributed by atoms with van der Waals surface area (Å²) >= 11 is 0. The second kappa shape index (κ2) is 5.49. The van der Waals surface area contributed by atoms with Crippen molar-refractivity contribution in [1.82, 2.24) is 4.98 Å². The summed E-state index contributed by atoms with van der Waals surface area (Å²) in [6, 6.07) is 4.73. The zero-order valence-corrected chi connectivity index (χ0v) is 9.46. The monoisotopic (exact) mass is 248 g/mol. The fourth-order valence-electron chi connectivity index (χ4n) is 1.32. The lowest BCUT2D eigenvalue weighted by Crippen LogP contribution is -2.40. The van der Waals surface area contributed by atoms with Crippen LogP contribution in [0.4, 0.5) is 11.5 Å². The van der Waals surface area contributed by atoms with Crippen molar-refractivity contribution in [2.45, 2.75) is 0 Å². The van der Waals surface area contributed by atoms with Gasteiger partial charge in [-0.25, -0.2) is 4.98 Å². The van der Waals surface area contributed by atoms with Crippen LogP contribution >= 0.6 is 0 Å². The van der Waals surface area contributed by atoms with Gasteiger partial charge >= 0.3 is 0 Å². The molecule has 8 heteroatoms. The number of aromatic nitrogens is 1. The maximum absolute atomic E-state index is 10.9. The molecule has 0 aromatic carbocycles. The van der Waals surface area contributed by atoms with Gasteiger partial charge < -0.3 is 22.1 Å². The number of amides is 2. The van der Waals surface area contributed by atoms with Crippen molar-refractivity contribution in [3.05, 3.63) is 17.8 Å². The van der Waals surface area contributed by atoms with E-state index in [0.717, 1.165) is 0 Å². The molecule has 0 fully saturated rings. The van der Waals surface area contributed by atoms with Gasteiger partial charge in [0.15, 0.2) is 5.69 Å². The predicted molar refractivity (Wildman–Crippen MR) is 64.0 cm³/mol. The molecular weight excluding hydrogens is 236 g/mol. The molecule has 0 atom stereocenters. The van der Waals surface area contributed by atoms with E-state index in [2.05, 4.69) is 4.98 Å². The molecule has 2 amide bonds. The summed E-state index contributed by atoms with van der Waals surface area (Å²) in [7, 11) is 0. The number of hydrogen-bond acceptors (Lipinski definition) is 6. The van der Waals surface area contributed by atoms with E-state index in [1.807, 2.05) is 0 Å². The van der Waals surface area contributed by atoms with Gasteiger partial charge in [0.1, 0.15) is 11.9 Å². The van der Waals surface area contributed by atoms with Gasteiger partial charge in [0.05, 0.1) is 18.8 Å². The van der Waals surface area contributed by atoms with Crippen molar-refractivity contribution < 1.29 is 9.59 Å². The molecule has 1 heterocycles. The van der Waals surface area contributed by atoms with E-state index in [9.17, 15) is 9.59 Å². The van der Waals surface area contributed by atoms with E-state index in [1.54, 1.807) is 6.07 Å². The molecule has 0 radical (unpaired) electrons. The van der Waals surface area contributed by atoms with Gasteiger partial charge in [0.2, 0.25) is 11.8 Å². The summed E-state index contributed by atoms with van der Waals surface area (Å²) in [6.45, 7) is -0.463. The van der Waals surface area contributed by atoms with Crippen molar-refractivity contribution >= 4 is 23.3 Å². The largest absolute Gasteiger partial charge is 0.396 e. The molecule has 8 nitrogen and oxygen atoms in total. The number of carbonyl (C=O) groups excluding carboxylic acids is 2. The summed E-state index contributed by atoms with van der Waals surface area (Å²) < 4.78 is 0. The van der Waals surface area contributed by atoms with E-state index in [0.29, 0.717) is 0 Å². The standard InChI is InChI=1S/C10H12N6O2/c11-3-7-6(12)1-2-10(15-7)16(4-8(13)17)5-9(14)18/h1-2H,4-5,12H2,(H2,13,17)(H2,14,18). The summed E-state index contributed by atoms with van der Waals surface area (Å²) in [5, 5.41) is 8.79. The summed E-state index contributed by atoms with van der Waals surface area (Å²) in [4.78, 5) is 27.0. The molecule has 0 saturated heterocycles. The Morgan fingerprint density at radius 3 is 2.28 bits per heavy atom. The van der Waals surface area contributed by atoms with Crippen LogP contribution in [0, 0.1) is 11.3 Å². The highest BCUT2D eigenvalue weighted by Gasteiger charge is 2.14. The van der Waals surface area contributed by atoms with Crippen LogP contribution in [0.1, 0.15) is 5.69 Å². The minimum absolute atomic E-state index is 0.00596. The molecule has 0 aliphatic rings. The van der Waals surface area contributed by atoms with Gasteiger partial charge in [-0.1, -0.05) is 0 Å². The van der Waals surface area contributed by atoms with Crippen molar-refractivity contribution in [3.63, 3.8) is 0 Å². The van der Waals surface area contributed by atoms with Crippen molar-refractivity contribution in [2.75, 3.05) is 23.7 Å². The normalized spacial score (nSPS) is 9.50. The predicted octanol–water partition coefficient (Wildman–Crippen LogP) is -1.69. The number of rotatable bonds is 5. The fourth-order valence-corrected chi connectivity index (χ4v) is 1.32. The lowest BCUT2D eigenvalue weighted by molar-refractivity contribution is -0.117. The van der Waals surface area contributed by atoms with E-state index in [4.69, 9.17) is 22.5 Å². The molecular formula is C10H12N6O2. The van der Waals surface area contributed by atoms with Crippen LogP contribution in [0.15, 0.2) is 12.1 Å². The Labute approximate surface area is 103 Å². The first-order valence-electron chi connectivity index (χ1n) is 4.92. The van der Waals surface area contributed by atoms with E-state index >= 15 is 0 Å². The lowest BCUT2D eigenvalue weighted by atomic mass is 10.3. The summed E-state index contributed by atoms with van der Waals surface area (Å²) in [5.74, 6) is -1.06. The average Bonchev–Trinajstić information content (AvgIpc) is 2.27. The van der Waals surface area contributed by atoms with Crippen LogP contribution in [0.2, 0.25) is 0 Å². The van der Waals surface area contributed by atoms with Crippen molar-refractivity contribution in [2.24, 2.45) is 11.5 Å². The molecule has 1 rings (SSSR count). The van der Waals surface area contributed by atoms with E-state index in [-0.39, 0.29) is 30.3 Å². The van der Waals surface area contributed by atoms with Crippen LogP contribution < -0.4 is 22.1 Å². The van der Waals surface area contributed by atoms with Crippen molar-refractivity contribution in [1.29, 1.82) is 5.26 Å². The van der Waals surface area contributed by atoms with Gasteiger partial charge in [-0.3, -0.25) is 9.59 Å². The number of pyridine rings is 1. The minimum Gasteiger partial charge on any atom is -0.396 e. The van der Waals surface area contributed by atoms with E-state index < -0.39 is 11.8 Å². The molecule has 1 aromatic heterocycles. The number of carbonyl (C=O) groups is 2. The number of nitriles is 1. The number of nitrogens with zero attached hydrogens (tertiary/aromatic N) is 3. The summed E-state index contributed by atoms with van der Waals surface area (Å²) in [5.41, 5.74) is 15.8. The summed E-state index contributed by atoms with van der Waals surface area (Å²) in [6.07, 6.45) is 0. The van der Waals surface area contributed by atoms with E-state index in [1.165, 1.54) is 17.0 Å². The highest BCUT2D eigenvalue weighted by molar-refractivity contribution is 5.84. The molecule has 6 N–H and O–H groups in total. The average molecular weight is 248 g/mol. The second-order valence-corrected chi connectivity index (χ2v) is 3.51. The number of nitrogen functional groups attached to an aromatic ring is 1. The third-order valence-electron chi connectivity index (χ3n) is 2.04. The number of primary amides is 2. The van der Waals surface area contributed by atoms with Crippen LogP contribution in [0.5, 0.6) is 0 Å². The van der Waals surface area contributed by atoms with Gasteiger partial charge in [0, 0.05) is 0 Å². The maximum Gasteiger partial charge on any atom is 0.237 e. The quantitative estimate of drug-likeness (QED) is 0.565. The molecule has 1 aromatic rings. The molecule has 18 heavy (non-hydrogen) atoms. The second-order valence-electron chi connectivity index (χ2n) is 3.51. The zero-order valence-electron chi connectivity index (χ0n) is 9.46. The first kappa shape index (κ1) is 13.2. The first-order chi connectivity index (χ1) is 8.43. The Hall–Kier alpha value is -2.82. The lowest BCUT2D eigenvalue weighted by Gasteiger charge is -2.20. The zero-order chi connectivity index (χ0) is 13.7. The van der Waals surface area contributed by atoms with Gasteiger partial charge in [0.25, 0.3) is 0 Å². The molecule has 0 saturated carbocycles. The Balaban J connectivity index is 3.08. The Kier molecular flexibility index (Phi) is 4.04. The molecule has 0 unspecified atom stereocenters. The molecule has 0 aliphatic carbocycles. The van der Waals surface area contributed by atoms with Gasteiger partial charge in [-0.15, -0.1) is 0 Å². The molecule has 0 aliphatic heterocycles. The van der Waals surface area contributed by atoms with Crippen LogP contribution in [0.3, 0.4) is 0 Å². The highest BCUT2D eigenvalue weighted by Crippen LogP contribution is 2.15. The number of anilines is 2. The minimum atomic E-state index is -0.645. The Morgan fingerprint density at radius 1 is 1.28 bits per heavy atom. The van der Waals surface area contributed by atoms with Gasteiger partial charge in [-0.2, -0.15) is 5.26 Å². The highest BCUT2D eigenvalue weighted by atomic mass is 16.2. The van der Waals surface area contributed by atoms with Gasteiger partial charge in [-0.05, 0) is 12.1 Å². The number of nitrogens with two attached hydrogens (primary N) is 3. The smallest absolute Gasteiger partial charge is 0.237 e. The molecule has 94 valence electrons. The number of hydrogen-bond donors (Lipinski definition) is 3.